The minimum atomic E-state index is -0.275. The minimum Gasteiger partial charge on any atom is -0.357 e. The fourth-order valence-corrected chi connectivity index (χ4v) is 2.64. The van der Waals surface area contributed by atoms with Crippen LogP contribution in [-0.2, 0) is 4.79 Å². The van der Waals surface area contributed by atoms with Crippen molar-refractivity contribution in [1.82, 2.24) is 16.0 Å². The van der Waals surface area contributed by atoms with Gasteiger partial charge in [0, 0.05) is 22.1 Å². The summed E-state index contributed by atoms with van der Waals surface area (Å²) in [6, 6.07) is 5.29. The van der Waals surface area contributed by atoms with Gasteiger partial charge in [0.2, 0.25) is 5.91 Å². The van der Waals surface area contributed by atoms with Gasteiger partial charge in [-0.2, -0.15) is 0 Å². The average molecular weight is 501 g/mol. The van der Waals surface area contributed by atoms with Crippen LogP contribution in [0.1, 0.15) is 46.2 Å². The molecule has 25 heavy (non-hydrogen) atoms. The molecule has 0 aliphatic heterocycles. The Kier molecular flexibility index (Phi) is 10.8. The normalized spacial score (nSPS) is 12.8. The van der Waals surface area contributed by atoms with Crippen LogP contribution >= 0.6 is 47.2 Å². The molecule has 0 bridgehead atoms. The SMILES string of the molecule is CCNC(=NCC(=O)NC(C)(C)C)NC(C)c1ccc(Cl)cc1Cl.I. The second-order valence-corrected chi connectivity index (χ2v) is 7.37. The van der Waals surface area contributed by atoms with E-state index in [4.69, 9.17) is 23.2 Å². The molecule has 1 atom stereocenters. The van der Waals surface area contributed by atoms with Crippen molar-refractivity contribution in [3.63, 3.8) is 0 Å². The van der Waals surface area contributed by atoms with Crippen molar-refractivity contribution in [2.24, 2.45) is 4.99 Å². The van der Waals surface area contributed by atoms with Crippen LogP contribution in [0.5, 0.6) is 0 Å². The molecule has 0 saturated carbocycles. The van der Waals surface area contributed by atoms with Crippen LogP contribution in [0.15, 0.2) is 23.2 Å². The Morgan fingerprint density at radius 3 is 2.44 bits per heavy atom. The smallest absolute Gasteiger partial charge is 0.242 e. The third-order valence-corrected chi connectivity index (χ3v) is 3.58. The van der Waals surface area contributed by atoms with Gasteiger partial charge >= 0.3 is 0 Å². The van der Waals surface area contributed by atoms with Crippen molar-refractivity contribution in [3.8, 4) is 0 Å². The molecule has 8 heteroatoms. The Bertz CT molecular complexity index is 603. The highest BCUT2D eigenvalue weighted by molar-refractivity contribution is 14.0. The molecule has 0 fully saturated rings. The third kappa shape index (κ3) is 9.51. The van der Waals surface area contributed by atoms with Gasteiger partial charge in [-0.25, -0.2) is 4.99 Å². The van der Waals surface area contributed by atoms with Gasteiger partial charge in [-0.1, -0.05) is 29.3 Å². The lowest BCUT2D eigenvalue weighted by Crippen LogP contribution is -2.43. The number of nitrogens with zero attached hydrogens (tertiary/aromatic N) is 1. The lowest BCUT2D eigenvalue weighted by Gasteiger charge is -2.21. The number of amides is 1. The Labute approximate surface area is 177 Å². The van der Waals surface area contributed by atoms with Gasteiger partial charge in [0.25, 0.3) is 0 Å². The van der Waals surface area contributed by atoms with E-state index in [0.29, 0.717) is 22.5 Å². The minimum absolute atomic E-state index is 0. The highest BCUT2D eigenvalue weighted by Crippen LogP contribution is 2.25. The zero-order valence-corrected chi connectivity index (χ0v) is 19.1. The number of hydrogen-bond donors (Lipinski definition) is 3. The quantitative estimate of drug-likeness (QED) is 0.323. The largest absolute Gasteiger partial charge is 0.357 e. The maximum Gasteiger partial charge on any atom is 0.242 e. The van der Waals surface area contributed by atoms with Gasteiger partial charge in [-0.3, -0.25) is 4.79 Å². The lowest BCUT2D eigenvalue weighted by molar-refractivity contribution is -0.121. The summed E-state index contributed by atoms with van der Waals surface area (Å²) in [7, 11) is 0. The van der Waals surface area contributed by atoms with Crippen LogP contribution in [0.2, 0.25) is 10.0 Å². The second-order valence-electron chi connectivity index (χ2n) is 6.53. The van der Waals surface area contributed by atoms with Crippen LogP contribution in [-0.4, -0.2) is 30.5 Å². The van der Waals surface area contributed by atoms with E-state index in [1.54, 1.807) is 12.1 Å². The fourth-order valence-electron chi connectivity index (χ4n) is 2.06. The summed E-state index contributed by atoms with van der Waals surface area (Å²) in [5.41, 5.74) is 0.633. The first-order chi connectivity index (χ1) is 11.1. The average Bonchev–Trinajstić information content (AvgIpc) is 2.43. The van der Waals surface area contributed by atoms with Crippen LogP contribution in [0.25, 0.3) is 0 Å². The highest BCUT2D eigenvalue weighted by Gasteiger charge is 2.15. The number of carbonyl (C=O) groups excluding carboxylic acids is 1. The molecule has 142 valence electrons. The molecule has 0 saturated heterocycles. The molecule has 1 unspecified atom stereocenters. The van der Waals surface area contributed by atoms with Crippen LogP contribution in [0.4, 0.5) is 0 Å². The Hall–Kier alpha value is -0.730. The number of guanidine groups is 1. The molecule has 1 rings (SSSR count). The zero-order chi connectivity index (χ0) is 18.3. The molecule has 5 nitrogen and oxygen atoms in total. The van der Waals surface area contributed by atoms with Gasteiger partial charge in [0.15, 0.2) is 5.96 Å². The van der Waals surface area contributed by atoms with Crippen molar-refractivity contribution in [2.45, 2.75) is 46.2 Å². The Morgan fingerprint density at radius 2 is 1.92 bits per heavy atom. The van der Waals surface area contributed by atoms with Gasteiger partial charge in [-0.15, -0.1) is 24.0 Å². The predicted molar refractivity (Wildman–Crippen MR) is 117 cm³/mol. The van der Waals surface area contributed by atoms with Crippen LogP contribution < -0.4 is 16.0 Å². The number of nitrogens with one attached hydrogen (secondary N) is 3. The van der Waals surface area contributed by atoms with Gasteiger partial charge < -0.3 is 16.0 Å². The van der Waals surface area contributed by atoms with Gasteiger partial charge in [0.05, 0.1) is 6.04 Å². The van der Waals surface area contributed by atoms with E-state index in [2.05, 4.69) is 20.9 Å². The summed E-state index contributed by atoms with van der Waals surface area (Å²) in [6.07, 6.45) is 0. The molecule has 0 aliphatic carbocycles. The zero-order valence-electron chi connectivity index (χ0n) is 15.2. The Balaban J connectivity index is 0.00000576. The van der Waals surface area contributed by atoms with Gasteiger partial charge in [0.1, 0.15) is 6.54 Å². The van der Waals surface area contributed by atoms with Gasteiger partial charge in [-0.05, 0) is 52.3 Å². The predicted octanol–water partition coefficient (Wildman–Crippen LogP) is 4.14. The molecule has 3 N–H and O–H groups in total. The van der Waals surface area contributed by atoms with Crippen molar-refractivity contribution < 1.29 is 4.79 Å². The number of carbonyl (C=O) groups is 1. The number of benzene rings is 1. The molecule has 1 aromatic rings. The highest BCUT2D eigenvalue weighted by atomic mass is 127. The van der Waals surface area contributed by atoms with E-state index >= 15 is 0 Å². The van der Waals surface area contributed by atoms with E-state index in [-0.39, 0.29) is 48.0 Å². The summed E-state index contributed by atoms with van der Waals surface area (Å²) in [5, 5.41) is 10.4. The molecular formula is C17H27Cl2IN4O. The van der Waals surface area contributed by atoms with E-state index in [1.165, 1.54) is 0 Å². The summed E-state index contributed by atoms with van der Waals surface area (Å²) >= 11 is 12.2. The van der Waals surface area contributed by atoms with E-state index < -0.39 is 0 Å². The summed E-state index contributed by atoms with van der Waals surface area (Å²) < 4.78 is 0. The van der Waals surface area contributed by atoms with Crippen molar-refractivity contribution in [3.05, 3.63) is 33.8 Å². The second kappa shape index (κ2) is 11.1. The van der Waals surface area contributed by atoms with Crippen LogP contribution in [0, 0.1) is 0 Å². The molecule has 0 spiro atoms. The first-order valence-electron chi connectivity index (χ1n) is 7.93. The standard InChI is InChI=1S/C17H26Cl2N4O.HI/c1-6-20-16(21-10-15(24)23-17(3,4)5)22-11(2)13-8-7-12(18)9-14(13)19;/h7-9,11H,6,10H2,1-5H3,(H,23,24)(H2,20,21,22);1H. The molecule has 0 heterocycles. The fraction of sp³-hybridized carbons (Fsp3) is 0.529. The van der Waals surface area contributed by atoms with E-state index in [9.17, 15) is 4.79 Å². The number of halogens is 3. The maximum atomic E-state index is 11.9. The number of aliphatic imine (C=N–C) groups is 1. The van der Waals surface area contributed by atoms with Crippen molar-refractivity contribution >= 4 is 59.0 Å². The number of hydrogen-bond acceptors (Lipinski definition) is 2. The topological polar surface area (TPSA) is 65.5 Å². The lowest BCUT2D eigenvalue weighted by atomic mass is 10.1. The summed E-state index contributed by atoms with van der Waals surface area (Å²) in [5.74, 6) is 0.428. The first-order valence-corrected chi connectivity index (χ1v) is 8.68. The first kappa shape index (κ1) is 24.3. The summed E-state index contributed by atoms with van der Waals surface area (Å²) in [4.78, 5) is 16.2. The summed E-state index contributed by atoms with van der Waals surface area (Å²) in [6.45, 7) is 10.5. The molecule has 0 aromatic heterocycles. The molecule has 1 aromatic carbocycles. The molecule has 0 radical (unpaired) electrons. The van der Waals surface area contributed by atoms with Crippen molar-refractivity contribution in [1.29, 1.82) is 0 Å². The van der Waals surface area contributed by atoms with E-state index in [0.717, 1.165) is 5.56 Å². The molecule has 0 aliphatic rings. The van der Waals surface area contributed by atoms with E-state index in [1.807, 2.05) is 40.7 Å². The molecular weight excluding hydrogens is 474 g/mol. The third-order valence-electron chi connectivity index (χ3n) is 3.02. The van der Waals surface area contributed by atoms with Crippen molar-refractivity contribution in [2.75, 3.05) is 13.1 Å². The maximum absolute atomic E-state index is 11.9. The monoisotopic (exact) mass is 500 g/mol. The van der Waals surface area contributed by atoms with Crippen LogP contribution in [0.3, 0.4) is 0 Å². The number of rotatable bonds is 5. The Morgan fingerprint density at radius 1 is 1.28 bits per heavy atom. The molecule has 1 amide bonds.